The van der Waals surface area contributed by atoms with Crippen LogP contribution in [-0.4, -0.2) is 34.1 Å². The van der Waals surface area contributed by atoms with E-state index < -0.39 is 6.09 Å². The van der Waals surface area contributed by atoms with E-state index >= 15 is 0 Å². The lowest BCUT2D eigenvalue weighted by Crippen LogP contribution is -2.26. The number of aromatic nitrogens is 2. The number of rotatable bonds is 5. The summed E-state index contributed by atoms with van der Waals surface area (Å²) in [5.41, 5.74) is 0.752. The van der Waals surface area contributed by atoms with Gasteiger partial charge in [-0.05, 0) is 12.1 Å². The summed E-state index contributed by atoms with van der Waals surface area (Å²) in [6, 6.07) is 9.00. The Morgan fingerprint density at radius 2 is 2.21 bits per heavy atom. The van der Waals surface area contributed by atoms with E-state index in [1.54, 1.807) is 23.0 Å². The highest BCUT2D eigenvalue weighted by Gasteiger charge is 2.05. The van der Waals surface area contributed by atoms with Crippen LogP contribution < -0.4 is 10.1 Å². The predicted molar refractivity (Wildman–Crippen MR) is 70.1 cm³/mol. The number of carbonyl (C=O) groups is 1. The number of hydrogen-bond donors (Lipinski definition) is 2. The molecular weight excluding hydrogens is 270 g/mol. The third kappa shape index (κ3) is 3.62. The van der Waals surface area contributed by atoms with E-state index in [1.807, 2.05) is 18.2 Å². The number of amides is 1. The van der Waals surface area contributed by atoms with Crippen LogP contribution in [0.2, 0.25) is 5.02 Å². The summed E-state index contributed by atoms with van der Waals surface area (Å²) >= 11 is 6.05. The van der Waals surface area contributed by atoms with E-state index in [0.717, 1.165) is 5.69 Å². The lowest BCUT2D eigenvalue weighted by atomic mass is 10.3. The highest BCUT2D eigenvalue weighted by molar-refractivity contribution is 6.32. The van der Waals surface area contributed by atoms with Gasteiger partial charge in [0.15, 0.2) is 0 Å². The second-order valence-electron chi connectivity index (χ2n) is 3.63. The minimum atomic E-state index is -1.08. The highest BCUT2D eigenvalue weighted by Crippen LogP contribution is 2.20. The zero-order valence-corrected chi connectivity index (χ0v) is 10.7. The first-order valence-electron chi connectivity index (χ1n) is 5.57. The van der Waals surface area contributed by atoms with E-state index in [2.05, 4.69) is 10.4 Å². The monoisotopic (exact) mass is 281 g/mol. The minimum Gasteiger partial charge on any atom is -0.475 e. The summed E-state index contributed by atoms with van der Waals surface area (Å²) in [7, 11) is 0. The first-order valence-corrected chi connectivity index (χ1v) is 5.95. The van der Waals surface area contributed by atoms with E-state index in [1.165, 1.54) is 0 Å². The van der Waals surface area contributed by atoms with Crippen molar-refractivity contribution in [2.24, 2.45) is 0 Å². The maximum Gasteiger partial charge on any atom is 0.404 e. The summed E-state index contributed by atoms with van der Waals surface area (Å²) in [4.78, 5) is 10.2. The molecule has 2 rings (SSSR count). The Morgan fingerprint density at radius 1 is 1.42 bits per heavy atom. The number of benzene rings is 1. The van der Waals surface area contributed by atoms with Crippen LogP contribution in [0.25, 0.3) is 5.69 Å². The zero-order chi connectivity index (χ0) is 13.7. The predicted octanol–water partition coefficient (Wildman–Crippen LogP) is 2.17. The zero-order valence-electron chi connectivity index (χ0n) is 9.91. The maximum absolute atomic E-state index is 10.2. The van der Waals surface area contributed by atoms with Gasteiger partial charge in [-0.25, -0.2) is 9.48 Å². The van der Waals surface area contributed by atoms with Gasteiger partial charge in [0.2, 0.25) is 5.88 Å². The van der Waals surface area contributed by atoms with Crippen LogP contribution in [0.1, 0.15) is 0 Å². The molecule has 0 saturated heterocycles. The molecule has 0 fully saturated rings. The third-order valence-corrected chi connectivity index (χ3v) is 2.61. The van der Waals surface area contributed by atoms with Crippen molar-refractivity contribution in [2.75, 3.05) is 13.2 Å². The molecule has 0 bridgehead atoms. The average molecular weight is 282 g/mol. The molecule has 100 valence electrons. The SMILES string of the molecule is O=C(O)NCCOc1ccn(-c2ccccc2Cl)n1. The number of para-hydroxylation sites is 1. The number of carboxylic acid groups (broad SMARTS) is 1. The van der Waals surface area contributed by atoms with Crippen molar-refractivity contribution in [3.8, 4) is 11.6 Å². The largest absolute Gasteiger partial charge is 0.475 e. The maximum atomic E-state index is 10.2. The van der Waals surface area contributed by atoms with Crippen LogP contribution in [0.15, 0.2) is 36.5 Å². The van der Waals surface area contributed by atoms with Gasteiger partial charge in [0.05, 0.1) is 17.3 Å². The molecule has 0 aliphatic carbocycles. The van der Waals surface area contributed by atoms with E-state index in [-0.39, 0.29) is 13.2 Å². The number of hydrogen-bond acceptors (Lipinski definition) is 3. The molecule has 0 aliphatic heterocycles. The fourth-order valence-corrected chi connectivity index (χ4v) is 1.69. The van der Waals surface area contributed by atoms with Gasteiger partial charge in [-0.3, -0.25) is 0 Å². The van der Waals surface area contributed by atoms with Crippen LogP contribution in [0.4, 0.5) is 4.79 Å². The first-order chi connectivity index (χ1) is 9.16. The molecule has 1 amide bonds. The molecule has 1 aromatic carbocycles. The van der Waals surface area contributed by atoms with E-state index in [4.69, 9.17) is 21.4 Å². The Hall–Kier alpha value is -2.21. The van der Waals surface area contributed by atoms with Gasteiger partial charge in [-0.15, -0.1) is 5.10 Å². The van der Waals surface area contributed by atoms with Gasteiger partial charge in [0.1, 0.15) is 6.61 Å². The van der Waals surface area contributed by atoms with Crippen molar-refractivity contribution in [3.05, 3.63) is 41.6 Å². The fourth-order valence-electron chi connectivity index (χ4n) is 1.47. The quantitative estimate of drug-likeness (QED) is 0.824. The number of nitrogens with zero attached hydrogens (tertiary/aromatic N) is 2. The second-order valence-corrected chi connectivity index (χ2v) is 4.04. The van der Waals surface area contributed by atoms with Crippen LogP contribution >= 0.6 is 11.6 Å². The van der Waals surface area contributed by atoms with Crippen LogP contribution in [0.5, 0.6) is 5.88 Å². The Labute approximate surface area is 114 Å². The minimum absolute atomic E-state index is 0.203. The molecule has 0 unspecified atom stereocenters. The molecule has 0 spiro atoms. The lowest BCUT2D eigenvalue weighted by Gasteiger charge is -2.04. The van der Waals surface area contributed by atoms with Gasteiger partial charge in [0.25, 0.3) is 0 Å². The van der Waals surface area contributed by atoms with Crippen LogP contribution in [0, 0.1) is 0 Å². The third-order valence-electron chi connectivity index (χ3n) is 2.29. The molecule has 0 atom stereocenters. The molecule has 6 nitrogen and oxygen atoms in total. The smallest absolute Gasteiger partial charge is 0.404 e. The topological polar surface area (TPSA) is 76.4 Å². The van der Waals surface area contributed by atoms with Gasteiger partial charge < -0.3 is 15.2 Å². The molecule has 19 heavy (non-hydrogen) atoms. The van der Waals surface area contributed by atoms with Crippen molar-refractivity contribution in [3.63, 3.8) is 0 Å². The van der Waals surface area contributed by atoms with Crippen molar-refractivity contribution in [2.45, 2.75) is 0 Å². The molecule has 7 heteroatoms. The molecule has 0 aliphatic rings. The molecule has 0 radical (unpaired) electrons. The normalized spacial score (nSPS) is 10.2. The summed E-state index contributed by atoms with van der Waals surface area (Å²) in [6.07, 6.45) is 0.645. The summed E-state index contributed by atoms with van der Waals surface area (Å²) in [5, 5.41) is 15.4. The van der Waals surface area contributed by atoms with E-state index in [0.29, 0.717) is 10.9 Å². The second kappa shape index (κ2) is 6.10. The molecule has 1 aromatic heterocycles. The number of nitrogens with one attached hydrogen (secondary N) is 1. The van der Waals surface area contributed by atoms with Crippen molar-refractivity contribution >= 4 is 17.7 Å². The fraction of sp³-hybridized carbons (Fsp3) is 0.167. The van der Waals surface area contributed by atoms with Gasteiger partial charge in [0, 0.05) is 12.3 Å². The van der Waals surface area contributed by atoms with Crippen LogP contribution in [0.3, 0.4) is 0 Å². The Bertz CT molecular complexity index is 571. The standard InChI is InChI=1S/C12H12ClN3O3/c13-9-3-1-2-4-10(9)16-7-5-11(15-16)19-8-6-14-12(17)18/h1-5,7,14H,6,8H2,(H,17,18). The number of ether oxygens (including phenoxy) is 1. The lowest BCUT2D eigenvalue weighted by molar-refractivity contribution is 0.190. The van der Waals surface area contributed by atoms with Gasteiger partial charge in [-0.1, -0.05) is 23.7 Å². The molecule has 1 heterocycles. The van der Waals surface area contributed by atoms with Crippen molar-refractivity contribution in [1.82, 2.24) is 15.1 Å². The molecular formula is C12H12ClN3O3. The summed E-state index contributed by atoms with van der Waals surface area (Å²) in [6.45, 7) is 0.417. The van der Waals surface area contributed by atoms with Crippen molar-refractivity contribution in [1.29, 1.82) is 0 Å². The highest BCUT2D eigenvalue weighted by atomic mass is 35.5. The summed E-state index contributed by atoms with van der Waals surface area (Å²) < 4.78 is 6.90. The Morgan fingerprint density at radius 3 is 2.95 bits per heavy atom. The Kier molecular flexibility index (Phi) is 4.25. The van der Waals surface area contributed by atoms with Gasteiger partial charge >= 0.3 is 6.09 Å². The van der Waals surface area contributed by atoms with Crippen molar-refractivity contribution < 1.29 is 14.6 Å². The van der Waals surface area contributed by atoms with E-state index in [9.17, 15) is 4.79 Å². The molecule has 2 aromatic rings. The van der Waals surface area contributed by atoms with Gasteiger partial charge in [-0.2, -0.15) is 0 Å². The molecule has 0 saturated carbocycles. The first kappa shape index (κ1) is 13.2. The Balaban J connectivity index is 1.96. The number of halogens is 1. The molecule has 2 N–H and O–H groups in total. The summed E-state index contributed by atoms with van der Waals surface area (Å²) in [5.74, 6) is 0.409. The average Bonchev–Trinajstić information content (AvgIpc) is 2.83. The van der Waals surface area contributed by atoms with Crippen LogP contribution in [-0.2, 0) is 0 Å².